The van der Waals surface area contributed by atoms with Crippen LogP contribution in [0, 0.1) is 17.0 Å². The lowest BCUT2D eigenvalue weighted by atomic mass is 9.91. The molecule has 1 aliphatic rings. The molecule has 4 rings (SSSR count). The van der Waals surface area contributed by atoms with Crippen LogP contribution in [0.4, 0.5) is 16.2 Å². The molecular formula is C30H30N4O6. The second kappa shape index (κ2) is 12.2. The lowest BCUT2D eigenvalue weighted by Gasteiger charge is -2.36. The third kappa shape index (κ3) is 5.85. The molecule has 1 heterocycles. The quantitative estimate of drug-likeness (QED) is 0.205. The normalized spacial score (nSPS) is 14.9. The van der Waals surface area contributed by atoms with Gasteiger partial charge in [0.1, 0.15) is 0 Å². The number of urea groups is 1. The molecule has 0 radical (unpaired) electrons. The Morgan fingerprint density at radius 1 is 1.05 bits per heavy atom. The number of carbonyl (C=O) groups excluding carboxylic acids is 3. The second-order valence-electron chi connectivity index (χ2n) is 9.22. The van der Waals surface area contributed by atoms with Gasteiger partial charge in [0.25, 0.3) is 11.6 Å². The van der Waals surface area contributed by atoms with Crippen molar-refractivity contribution in [2.45, 2.75) is 33.2 Å². The molecule has 1 unspecified atom stereocenters. The van der Waals surface area contributed by atoms with Crippen molar-refractivity contribution in [1.29, 1.82) is 0 Å². The van der Waals surface area contributed by atoms with Crippen LogP contribution in [0.5, 0.6) is 0 Å². The summed E-state index contributed by atoms with van der Waals surface area (Å²) in [4.78, 5) is 51.7. The van der Waals surface area contributed by atoms with Crippen LogP contribution < -0.4 is 10.6 Å². The molecule has 0 fully saturated rings. The van der Waals surface area contributed by atoms with Crippen LogP contribution in [0.15, 0.2) is 78.4 Å². The number of esters is 1. The van der Waals surface area contributed by atoms with E-state index in [2.05, 4.69) is 10.6 Å². The summed E-state index contributed by atoms with van der Waals surface area (Å²) >= 11 is 0. The van der Waals surface area contributed by atoms with Gasteiger partial charge >= 0.3 is 12.0 Å². The van der Waals surface area contributed by atoms with Crippen molar-refractivity contribution in [3.63, 3.8) is 0 Å². The third-order valence-corrected chi connectivity index (χ3v) is 6.49. The Balaban J connectivity index is 1.69. The number of nitro benzene ring substituents is 1. The summed E-state index contributed by atoms with van der Waals surface area (Å²) in [5.41, 5.74) is 3.05. The van der Waals surface area contributed by atoms with Gasteiger partial charge in [-0.15, -0.1) is 0 Å². The molecule has 2 N–H and O–H groups in total. The maximum atomic E-state index is 13.3. The Morgan fingerprint density at radius 2 is 1.75 bits per heavy atom. The van der Waals surface area contributed by atoms with Gasteiger partial charge in [0.2, 0.25) is 0 Å². The topological polar surface area (TPSA) is 131 Å². The Labute approximate surface area is 231 Å². The number of nitro groups is 1. The fourth-order valence-electron chi connectivity index (χ4n) is 4.58. The number of anilines is 1. The molecule has 0 saturated heterocycles. The minimum absolute atomic E-state index is 0.138. The fraction of sp³-hybridized carbons (Fsp3) is 0.233. The van der Waals surface area contributed by atoms with Crippen molar-refractivity contribution < 1.29 is 24.0 Å². The Hall–Kier alpha value is -4.99. The van der Waals surface area contributed by atoms with Crippen molar-refractivity contribution in [1.82, 2.24) is 10.2 Å². The predicted molar refractivity (Wildman–Crippen MR) is 150 cm³/mol. The van der Waals surface area contributed by atoms with E-state index in [1.807, 2.05) is 37.3 Å². The van der Waals surface area contributed by atoms with Crippen LogP contribution in [0.3, 0.4) is 0 Å². The highest BCUT2D eigenvalue weighted by Crippen LogP contribution is 2.37. The second-order valence-corrected chi connectivity index (χ2v) is 9.22. The zero-order valence-corrected chi connectivity index (χ0v) is 22.5. The largest absolute Gasteiger partial charge is 0.463 e. The molecule has 0 saturated carbocycles. The van der Waals surface area contributed by atoms with Gasteiger partial charge in [-0.05, 0) is 49.6 Å². The zero-order chi connectivity index (χ0) is 28.8. The number of amides is 3. The third-order valence-electron chi connectivity index (χ3n) is 6.49. The summed E-state index contributed by atoms with van der Waals surface area (Å²) < 4.78 is 5.43. The number of nitrogens with one attached hydrogen (secondary N) is 2. The molecule has 206 valence electrons. The molecule has 0 bridgehead atoms. The van der Waals surface area contributed by atoms with Gasteiger partial charge in [-0.2, -0.15) is 0 Å². The van der Waals surface area contributed by atoms with E-state index in [1.165, 1.54) is 18.2 Å². The van der Waals surface area contributed by atoms with Crippen LogP contribution in [0.2, 0.25) is 0 Å². The number of aryl methyl sites for hydroxylation is 1. The minimum Gasteiger partial charge on any atom is -0.463 e. The van der Waals surface area contributed by atoms with E-state index in [0.29, 0.717) is 41.1 Å². The Morgan fingerprint density at radius 3 is 2.38 bits per heavy atom. The van der Waals surface area contributed by atoms with E-state index in [0.717, 1.165) is 5.56 Å². The zero-order valence-electron chi connectivity index (χ0n) is 22.5. The lowest BCUT2D eigenvalue weighted by Crippen LogP contribution is -2.48. The van der Waals surface area contributed by atoms with E-state index in [1.54, 1.807) is 43.0 Å². The summed E-state index contributed by atoms with van der Waals surface area (Å²) in [6.45, 7) is 5.86. The molecule has 3 aromatic carbocycles. The summed E-state index contributed by atoms with van der Waals surface area (Å²) in [6.07, 6.45) is 0.684. The van der Waals surface area contributed by atoms with Gasteiger partial charge in [0.15, 0.2) is 0 Å². The maximum absolute atomic E-state index is 13.3. The summed E-state index contributed by atoms with van der Waals surface area (Å²) in [7, 11) is 0. The average molecular weight is 543 g/mol. The van der Waals surface area contributed by atoms with Crippen molar-refractivity contribution >= 4 is 35.0 Å². The van der Waals surface area contributed by atoms with Crippen molar-refractivity contribution in [3.05, 3.63) is 111 Å². The highest BCUT2D eigenvalue weighted by molar-refractivity contribution is 6.05. The first-order chi connectivity index (χ1) is 19.2. The van der Waals surface area contributed by atoms with Gasteiger partial charge in [0, 0.05) is 29.4 Å². The van der Waals surface area contributed by atoms with E-state index in [9.17, 15) is 24.5 Å². The van der Waals surface area contributed by atoms with Crippen LogP contribution in [0.25, 0.3) is 5.70 Å². The number of hydrogen-bond donors (Lipinski definition) is 2. The Bertz CT molecular complexity index is 1470. The SMILES string of the molecule is CCCN1C(=O)NC(c2ccc(NC(=O)c3ccc(C)c([N+](=O)[O-])c3)cc2)C(C(=O)OCC)=C1c1ccccc1. The fourth-order valence-corrected chi connectivity index (χ4v) is 4.58. The molecule has 10 heteroatoms. The minimum atomic E-state index is -0.792. The number of hydrogen-bond acceptors (Lipinski definition) is 6. The maximum Gasteiger partial charge on any atom is 0.338 e. The standard InChI is InChI=1S/C30H30N4O6/c1-4-17-33-27(21-9-7-6-8-10-21)25(29(36)40-5-2)26(32-30(33)37)20-13-15-23(16-14-20)31-28(35)22-12-11-19(3)24(18-22)34(38)39/h6-16,18,26H,4-5,17H2,1-3H3,(H,31,35)(H,32,37). The predicted octanol–water partition coefficient (Wildman–Crippen LogP) is 5.61. The molecule has 0 aromatic heterocycles. The Kier molecular flexibility index (Phi) is 8.58. The molecular weight excluding hydrogens is 512 g/mol. The van der Waals surface area contributed by atoms with E-state index < -0.39 is 22.8 Å². The summed E-state index contributed by atoms with van der Waals surface area (Å²) in [5.74, 6) is -1.04. The first-order valence-corrected chi connectivity index (χ1v) is 13.0. The van der Waals surface area contributed by atoms with Gasteiger partial charge in [-0.3, -0.25) is 19.8 Å². The lowest BCUT2D eigenvalue weighted by molar-refractivity contribution is -0.385. The summed E-state index contributed by atoms with van der Waals surface area (Å²) in [6, 6.07) is 19.1. The van der Waals surface area contributed by atoms with Gasteiger partial charge < -0.3 is 15.4 Å². The molecule has 40 heavy (non-hydrogen) atoms. The number of nitrogens with zero attached hydrogens (tertiary/aromatic N) is 2. The average Bonchev–Trinajstić information content (AvgIpc) is 2.95. The van der Waals surface area contributed by atoms with Crippen LogP contribution >= 0.6 is 0 Å². The van der Waals surface area contributed by atoms with E-state index in [-0.39, 0.29) is 23.9 Å². The monoisotopic (exact) mass is 542 g/mol. The van der Waals surface area contributed by atoms with Crippen molar-refractivity contribution in [3.8, 4) is 0 Å². The summed E-state index contributed by atoms with van der Waals surface area (Å²) in [5, 5.41) is 16.9. The highest BCUT2D eigenvalue weighted by Gasteiger charge is 2.38. The van der Waals surface area contributed by atoms with Crippen molar-refractivity contribution in [2.24, 2.45) is 0 Å². The molecule has 3 aromatic rings. The molecule has 1 aliphatic heterocycles. The van der Waals surface area contributed by atoms with Crippen LogP contribution in [-0.4, -0.2) is 40.9 Å². The number of benzene rings is 3. The number of rotatable bonds is 9. The number of carbonyl (C=O) groups is 3. The number of ether oxygens (including phenoxy) is 1. The molecule has 3 amide bonds. The molecule has 10 nitrogen and oxygen atoms in total. The van der Waals surface area contributed by atoms with Crippen LogP contribution in [0.1, 0.15) is 53.4 Å². The van der Waals surface area contributed by atoms with Crippen LogP contribution in [-0.2, 0) is 9.53 Å². The molecule has 1 atom stereocenters. The molecule has 0 spiro atoms. The highest BCUT2D eigenvalue weighted by atomic mass is 16.6. The molecule has 0 aliphatic carbocycles. The van der Waals surface area contributed by atoms with Gasteiger partial charge in [-0.1, -0.05) is 55.5 Å². The van der Waals surface area contributed by atoms with Crippen molar-refractivity contribution in [2.75, 3.05) is 18.5 Å². The van der Waals surface area contributed by atoms with E-state index >= 15 is 0 Å². The first kappa shape index (κ1) is 28.0. The first-order valence-electron chi connectivity index (χ1n) is 13.0. The van der Waals surface area contributed by atoms with Gasteiger partial charge in [-0.25, -0.2) is 9.59 Å². The van der Waals surface area contributed by atoms with E-state index in [4.69, 9.17) is 4.74 Å². The van der Waals surface area contributed by atoms with Gasteiger partial charge in [0.05, 0.1) is 28.8 Å². The smallest absolute Gasteiger partial charge is 0.338 e.